The summed E-state index contributed by atoms with van der Waals surface area (Å²) in [5, 5.41) is 3.47. The summed E-state index contributed by atoms with van der Waals surface area (Å²) in [5.41, 5.74) is 2.90. The van der Waals surface area contributed by atoms with Gasteiger partial charge in [0.1, 0.15) is 5.75 Å². The molecule has 2 heterocycles. The molecular weight excluding hydrogens is 538 g/mol. The second-order valence-corrected chi connectivity index (χ2v) is 6.32. The van der Waals surface area contributed by atoms with Gasteiger partial charge in [-0.1, -0.05) is 57.7 Å². The van der Waals surface area contributed by atoms with Crippen LogP contribution in [0.3, 0.4) is 0 Å². The molecule has 1 fully saturated rings. The Bertz CT molecular complexity index is 451. The van der Waals surface area contributed by atoms with Crippen molar-refractivity contribution in [1.82, 2.24) is 10.2 Å². The van der Waals surface area contributed by atoms with E-state index < -0.39 is 0 Å². The van der Waals surface area contributed by atoms with Gasteiger partial charge in [0, 0.05) is 13.1 Å². The van der Waals surface area contributed by atoms with Crippen molar-refractivity contribution in [3.63, 3.8) is 0 Å². The number of fused-ring (bicyclic) bond motifs is 1. The Morgan fingerprint density at radius 3 is 2.52 bits per heavy atom. The molecule has 0 aliphatic carbocycles. The normalized spacial score (nSPS) is 17.1. The van der Waals surface area contributed by atoms with Gasteiger partial charge in [0.15, 0.2) is 0 Å². The number of hydrogen-bond donors (Lipinski definition) is 1. The maximum atomic E-state index is 5.96. The number of alkyl halides is 2. The molecule has 1 N–H and O–H groups in total. The van der Waals surface area contributed by atoms with Crippen molar-refractivity contribution in [2.45, 2.75) is 45.1 Å². The Labute approximate surface area is 181 Å². The van der Waals surface area contributed by atoms with Crippen molar-refractivity contribution >= 4 is 45.2 Å². The van der Waals surface area contributed by atoms with Crippen LogP contribution in [-0.2, 0) is 13.0 Å². The quantitative estimate of drug-likeness (QED) is 0.303. The molecule has 1 saturated heterocycles. The van der Waals surface area contributed by atoms with Gasteiger partial charge in [-0.05, 0) is 84.9 Å². The van der Waals surface area contributed by atoms with E-state index in [1.54, 1.807) is 0 Å². The molecule has 0 atom stereocenters. The summed E-state index contributed by atoms with van der Waals surface area (Å²) in [4.78, 5) is 6.52. The lowest BCUT2D eigenvalue weighted by Gasteiger charge is -2.26. The highest BCUT2D eigenvalue weighted by Gasteiger charge is 2.10. The predicted octanol–water partition coefficient (Wildman–Crippen LogP) is 5.08. The van der Waals surface area contributed by atoms with E-state index in [9.17, 15) is 0 Å². The molecule has 3 nitrogen and oxygen atoms in total. The number of likely N-dealkylation sites (tertiary alicyclic amines) is 1. The molecular formula is C20H34I2N2O. The Morgan fingerprint density at radius 2 is 1.76 bits per heavy atom. The summed E-state index contributed by atoms with van der Waals surface area (Å²) < 4.78 is 5.96. The molecule has 2 aliphatic rings. The third kappa shape index (κ3) is 9.24. The number of hydrogen-bond acceptors (Lipinski definition) is 3. The van der Waals surface area contributed by atoms with Crippen LogP contribution in [0.2, 0.25) is 0 Å². The minimum atomic E-state index is 0.841. The van der Waals surface area contributed by atoms with Gasteiger partial charge in [0.25, 0.3) is 0 Å². The average molecular weight is 572 g/mol. The van der Waals surface area contributed by atoms with Crippen molar-refractivity contribution in [3.8, 4) is 5.75 Å². The van der Waals surface area contributed by atoms with Gasteiger partial charge in [0.05, 0.1) is 6.61 Å². The molecule has 0 bridgehead atoms. The molecule has 0 radical (unpaired) electrons. The SMILES string of the molecule is CI.CI.c1cc2c(cc1OCCCN1CCCCC1)CCCNC2. The van der Waals surface area contributed by atoms with Crippen molar-refractivity contribution in [2.75, 3.05) is 42.6 Å². The third-order valence-corrected chi connectivity index (χ3v) is 4.63. The third-order valence-electron chi connectivity index (χ3n) is 4.63. The zero-order valence-electron chi connectivity index (χ0n) is 15.8. The molecule has 0 aromatic heterocycles. The lowest BCUT2D eigenvalue weighted by atomic mass is 10.0. The molecule has 0 spiro atoms. The largest absolute Gasteiger partial charge is 0.494 e. The number of nitrogens with zero attached hydrogens (tertiary/aromatic N) is 1. The van der Waals surface area contributed by atoms with Crippen LogP contribution in [-0.4, -0.2) is 47.5 Å². The van der Waals surface area contributed by atoms with Crippen molar-refractivity contribution < 1.29 is 4.74 Å². The topological polar surface area (TPSA) is 24.5 Å². The lowest BCUT2D eigenvalue weighted by molar-refractivity contribution is 0.205. The van der Waals surface area contributed by atoms with Crippen LogP contribution in [0.1, 0.15) is 43.2 Å². The Balaban J connectivity index is 0.000000730. The Hall–Kier alpha value is 0.400. The van der Waals surface area contributed by atoms with Gasteiger partial charge in [-0.15, -0.1) is 0 Å². The first-order chi connectivity index (χ1) is 12.4. The summed E-state index contributed by atoms with van der Waals surface area (Å²) in [6, 6.07) is 6.61. The fourth-order valence-corrected chi connectivity index (χ4v) is 3.39. The number of halogens is 2. The van der Waals surface area contributed by atoms with E-state index in [-0.39, 0.29) is 0 Å². The molecule has 0 amide bonds. The summed E-state index contributed by atoms with van der Waals surface area (Å²) >= 11 is 4.30. The highest BCUT2D eigenvalue weighted by molar-refractivity contribution is 14.1. The number of benzene rings is 1. The van der Waals surface area contributed by atoms with Crippen molar-refractivity contribution in [3.05, 3.63) is 29.3 Å². The molecule has 144 valence electrons. The van der Waals surface area contributed by atoms with Crippen molar-refractivity contribution in [1.29, 1.82) is 0 Å². The van der Waals surface area contributed by atoms with Gasteiger partial charge >= 0.3 is 0 Å². The van der Waals surface area contributed by atoms with E-state index in [4.69, 9.17) is 4.74 Å². The minimum absolute atomic E-state index is 0.841. The molecule has 0 saturated carbocycles. The first-order valence-corrected chi connectivity index (χ1v) is 13.7. The fourth-order valence-electron chi connectivity index (χ4n) is 3.39. The van der Waals surface area contributed by atoms with E-state index in [2.05, 4.69) is 73.6 Å². The van der Waals surface area contributed by atoms with Crippen LogP contribution in [0.5, 0.6) is 5.75 Å². The second-order valence-electron chi connectivity index (χ2n) is 6.32. The van der Waals surface area contributed by atoms with Gasteiger partial charge in [-0.3, -0.25) is 0 Å². The van der Waals surface area contributed by atoms with E-state index in [1.165, 1.54) is 62.9 Å². The van der Waals surface area contributed by atoms with Gasteiger partial charge in [-0.2, -0.15) is 0 Å². The first-order valence-electron chi connectivity index (χ1n) is 9.35. The molecule has 25 heavy (non-hydrogen) atoms. The second kappa shape index (κ2) is 15.5. The molecule has 2 aliphatic heterocycles. The van der Waals surface area contributed by atoms with Gasteiger partial charge < -0.3 is 15.0 Å². The molecule has 0 unspecified atom stereocenters. The zero-order chi connectivity index (χ0) is 18.3. The van der Waals surface area contributed by atoms with E-state index >= 15 is 0 Å². The van der Waals surface area contributed by atoms with Crippen LogP contribution in [0.25, 0.3) is 0 Å². The summed E-state index contributed by atoms with van der Waals surface area (Å²) in [7, 11) is 0. The summed E-state index contributed by atoms with van der Waals surface area (Å²) in [5.74, 6) is 1.05. The van der Waals surface area contributed by atoms with E-state index in [0.29, 0.717) is 0 Å². The fraction of sp³-hybridized carbons (Fsp3) is 0.700. The number of rotatable bonds is 5. The standard InChI is InChI=1S/C18H28N2O.2CH3I/c1-2-10-20(11-3-1)12-5-13-21-18-8-7-17-15-19-9-4-6-16(17)14-18;2*1-2/h7-8,14,19H,1-6,9-13,15H2;2*1H3. The van der Waals surface area contributed by atoms with Crippen LogP contribution in [0.4, 0.5) is 0 Å². The van der Waals surface area contributed by atoms with Crippen LogP contribution in [0, 0.1) is 0 Å². The smallest absolute Gasteiger partial charge is 0.119 e. The van der Waals surface area contributed by atoms with Crippen molar-refractivity contribution in [2.24, 2.45) is 0 Å². The van der Waals surface area contributed by atoms with Gasteiger partial charge in [0.2, 0.25) is 0 Å². The Morgan fingerprint density at radius 1 is 1.00 bits per heavy atom. The van der Waals surface area contributed by atoms with Crippen LogP contribution in [0.15, 0.2) is 18.2 Å². The minimum Gasteiger partial charge on any atom is -0.494 e. The molecule has 1 aromatic rings. The maximum absolute atomic E-state index is 5.96. The molecule has 1 aromatic carbocycles. The highest BCUT2D eigenvalue weighted by Crippen LogP contribution is 2.21. The van der Waals surface area contributed by atoms with E-state index in [0.717, 1.165) is 31.9 Å². The summed E-state index contributed by atoms with van der Waals surface area (Å²) in [6.07, 6.45) is 7.70. The monoisotopic (exact) mass is 572 g/mol. The number of nitrogens with one attached hydrogen (secondary N) is 1. The maximum Gasteiger partial charge on any atom is 0.119 e. The first kappa shape index (κ1) is 23.4. The molecule has 3 rings (SSSR count). The Kier molecular flexibility index (Phi) is 14.5. The average Bonchev–Trinajstić information content (AvgIpc) is 2.94. The predicted molar refractivity (Wildman–Crippen MR) is 127 cm³/mol. The highest BCUT2D eigenvalue weighted by atomic mass is 127. The zero-order valence-corrected chi connectivity index (χ0v) is 20.1. The summed E-state index contributed by atoms with van der Waals surface area (Å²) in [6.45, 7) is 6.73. The number of piperidine rings is 1. The van der Waals surface area contributed by atoms with Crippen LogP contribution >= 0.6 is 45.2 Å². The van der Waals surface area contributed by atoms with E-state index in [1.807, 2.05) is 9.86 Å². The molecule has 5 heteroatoms. The van der Waals surface area contributed by atoms with Gasteiger partial charge in [-0.25, -0.2) is 0 Å². The number of ether oxygens (including phenoxy) is 1. The lowest BCUT2D eigenvalue weighted by Crippen LogP contribution is -2.31. The number of aryl methyl sites for hydroxylation is 1. The van der Waals surface area contributed by atoms with Crippen LogP contribution < -0.4 is 10.1 Å².